The van der Waals surface area contributed by atoms with Crippen LogP contribution in [0.5, 0.6) is 0 Å². The number of pyridine rings is 1. The van der Waals surface area contributed by atoms with E-state index in [0.29, 0.717) is 29.4 Å². The number of anilines is 2. The van der Waals surface area contributed by atoms with Crippen molar-refractivity contribution in [2.75, 3.05) is 23.7 Å². The molecule has 0 radical (unpaired) electrons. The lowest BCUT2D eigenvalue weighted by Crippen LogP contribution is -2.31. The SMILES string of the molecule is Nc1nc(N2CCCCC2)nc2ncc3c(c12)CCCC3=O. The molecule has 1 fully saturated rings. The van der Waals surface area contributed by atoms with E-state index in [0.717, 1.165) is 49.7 Å². The topological polar surface area (TPSA) is 85.0 Å². The van der Waals surface area contributed by atoms with Gasteiger partial charge >= 0.3 is 0 Å². The predicted molar refractivity (Wildman–Crippen MR) is 85.1 cm³/mol. The van der Waals surface area contributed by atoms with E-state index in [1.807, 2.05) is 0 Å². The lowest BCUT2D eigenvalue weighted by atomic mass is 9.90. The molecule has 22 heavy (non-hydrogen) atoms. The number of ketones is 1. The highest BCUT2D eigenvalue weighted by Crippen LogP contribution is 2.31. The molecule has 0 atom stereocenters. The number of nitrogens with two attached hydrogens (primary N) is 1. The second kappa shape index (κ2) is 5.19. The van der Waals surface area contributed by atoms with Crippen LogP contribution in [-0.4, -0.2) is 33.8 Å². The number of fused-ring (bicyclic) bond motifs is 3. The molecule has 0 spiro atoms. The summed E-state index contributed by atoms with van der Waals surface area (Å²) in [6.45, 7) is 1.93. The van der Waals surface area contributed by atoms with Crippen LogP contribution in [0.4, 0.5) is 11.8 Å². The van der Waals surface area contributed by atoms with Gasteiger partial charge in [-0.2, -0.15) is 9.97 Å². The number of Topliss-reactive ketones (excluding diaryl/α,β-unsaturated/α-hetero) is 1. The number of aromatic nitrogens is 3. The Kier molecular flexibility index (Phi) is 3.17. The average Bonchev–Trinajstić information content (AvgIpc) is 2.55. The molecule has 6 nitrogen and oxygen atoms in total. The lowest BCUT2D eigenvalue weighted by Gasteiger charge is -2.27. The summed E-state index contributed by atoms with van der Waals surface area (Å²) in [6, 6.07) is 0. The predicted octanol–water partition coefficient (Wildman–Crippen LogP) is 2.12. The highest BCUT2D eigenvalue weighted by molar-refractivity contribution is 6.04. The summed E-state index contributed by atoms with van der Waals surface area (Å²) in [5, 5.41) is 0.770. The van der Waals surface area contributed by atoms with Crippen LogP contribution in [0.25, 0.3) is 11.0 Å². The summed E-state index contributed by atoms with van der Waals surface area (Å²) >= 11 is 0. The van der Waals surface area contributed by atoms with Crippen LogP contribution in [0, 0.1) is 0 Å². The van der Waals surface area contributed by atoms with E-state index < -0.39 is 0 Å². The lowest BCUT2D eigenvalue weighted by molar-refractivity contribution is 0.0972. The fraction of sp³-hybridized carbons (Fsp3) is 0.500. The van der Waals surface area contributed by atoms with Crippen molar-refractivity contribution in [2.45, 2.75) is 38.5 Å². The van der Waals surface area contributed by atoms with Gasteiger partial charge in [-0.05, 0) is 37.7 Å². The van der Waals surface area contributed by atoms with Crippen molar-refractivity contribution in [1.82, 2.24) is 15.0 Å². The van der Waals surface area contributed by atoms with Gasteiger partial charge in [-0.25, -0.2) is 4.98 Å². The summed E-state index contributed by atoms with van der Waals surface area (Å²) in [6.07, 6.45) is 7.53. The summed E-state index contributed by atoms with van der Waals surface area (Å²) in [5.74, 6) is 1.26. The Morgan fingerprint density at radius 3 is 2.68 bits per heavy atom. The number of rotatable bonds is 1. The van der Waals surface area contributed by atoms with E-state index in [1.165, 1.54) is 6.42 Å². The molecule has 0 unspecified atom stereocenters. The fourth-order valence-corrected chi connectivity index (χ4v) is 3.47. The van der Waals surface area contributed by atoms with Gasteiger partial charge in [-0.3, -0.25) is 4.79 Å². The highest BCUT2D eigenvalue weighted by atomic mass is 16.1. The highest BCUT2D eigenvalue weighted by Gasteiger charge is 2.23. The minimum atomic E-state index is 0.148. The summed E-state index contributed by atoms with van der Waals surface area (Å²) in [7, 11) is 0. The van der Waals surface area contributed by atoms with Crippen LogP contribution >= 0.6 is 0 Å². The van der Waals surface area contributed by atoms with Crippen molar-refractivity contribution in [2.24, 2.45) is 0 Å². The maximum atomic E-state index is 12.0. The van der Waals surface area contributed by atoms with Crippen LogP contribution < -0.4 is 10.6 Å². The molecule has 6 heteroatoms. The number of aryl methyl sites for hydroxylation is 1. The molecule has 1 aliphatic carbocycles. The molecular weight excluding hydrogens is 278 g/mol. The molecule has 114 valence electrons. The number of carbonyl (C=O) groups excluding carboxylic acids is 1. The van der Waals surface area contributed by atoms with Gasteiger partial charge in [0.1, 0.15) is 5.82 Å². The Hall–Kier alpha value is -2.24. The van der Waals surface area contributed by atoms with Crippen molar-refractivity contribution in [1.29, 1.82) is 0 Å². The van der Waals surface area contributed by atoms with E-state index in [9.17, 15) is 4.79 Å². The first-order chi connectivity index (χ1) is 10.7. The van der Waals surface area contributed by atoms with Crippen molar-refractivity contribution in [3.63, 3.8) is 0 Å². The van der Waals surface area contributed by atoms with Crippen LogP contribution in [0.2, 0.25) is 0 Å². The zero-order valence-corrected chi connectivity index (χ0v) is 12.5. The first-order valence-corrected chi connectivity index (χ1v) is 7.97. The first-order valence-electron chi connectivity index (χ1n) is 7.97. The van der Waals surface area contributed by atoms with Gasteiger partial charge in [0.15, 0.2) is 11.4 Å². The molecule has 2 N–H and O–H groups in total. The summed E-state index contributed by atoms with van der Waals surface area (Å²) < 4.78 is 0. The molecule has 0 bridgehead atoms. The molecule has 0 aromatic carbocycles. The van der Waals surface area contributed by atoms with Gasteiger partial charge in [-0.15, -0.1) is 0 Å². The van der Waals surface area contributed by atoms with Gasteiger partial charge < -0.3 is 10.6 Å². The second-order valence-electron chi connectivity index (χ2n) is 6.08. The zero-order valence-electron chi connectivity index (χ0n) is 12.5. The Balaban J connectivity index is 1.85. The molecule has 0 amide bonds. The normalized spacial score (nSPS) is 18.5. The minimum absolute atomic E-state index is 0.148. The molecule has 1 saturated heterocycles. The third-order valence-electron chi connectivity index (χ3n) is 4.62. The Morgan fingerprint density at radius 1 is 1.05 bits per heavy atom. The van der Waals surface area contributed by atoms with Gasteiger partial charge in [0.2, 0.25) is 5.95 Å². The van der Waals surface area contributed by atoms with Gasteiger partial charge in [0.25, 0.3) is 0 Å². The fourth-order valence-electron chi connectivity index (χ4n) is 3.47. The molecule has 2 aromatic heterocycles. The van der Waals surface area contributed by atoms with Gasteiger partial charge in [0, 0.05) is 31.3 Å². The first kappa shape index (κ1) is 13.4. The van der Waals surface area contributed by atoms with E-state index in [1.54, 1.807) is 6.20 Å². The van der Waals surface area contributed by atoms with Crippen molar-refractivity contribution in [3.05, 3.63) is 17.3 Å². The minimum Gasteiger partial charge on any atom is -0.383 e. The molecule has 3 heterocycles. The Morgan fingerprint density at radius 2 is 1.86 bits per heavy atom. The number of hydrogen-bond acceptors (Lipinski definition) is 6. The van der Waals surface area contributed by atoms with Crippen LogP contribution in [0.3, 0.4) is 0 Å². The number of piperidine rings is 1. The van der Waals surface area contributed by atoms with Crippen LogP contribution in [0.15, 0.2) is 6.20 Å². The smallest absolute Gasteiger partial charge is 0.229 e. The summed E-state index contributed by atoms with van der Waals surface area (Å²) in [4.78, 5) is 27.7. The Labute approximate surface area is 128 Å². The molecule has 1 aliphatic heterocycles. The van der Waals surface area contributed by atoms with Gasteiger partial charge in [-0.1, -0.05) is 0 Å². The largest absolute Gasteiger partial charge is 0.383 e. The van der Waals surface area contributed by atoms with E-state index in [-0.39, 0.29) is 5.78 Å². The zero-order chi connectivity index (χ0) is 15.1. The molecular formula is C16H19N5O. The molecule has 2 aliphatic rings. The standard InChI is InChI=1S/C16H19N5O/c17-14-13-10-5-4-6-12(22)11(10)9-18-15(13)20-16(19-14)21-7-2-1-3-8-21/h9H,1-8H2,(H2,17,18,19,20). The van der Waals surface area contributed by atoms with E-state index >= 15 is 0 Å². The van der Waals surface area contributed by atoms with Crippen molar-refractivity contribution in [3.8, 4) is 0 Å². The second-order valence-corrected chi connectivity index (χ2v) is 6.08. The maximum absolute atomic E-state index is 12.0. The maximum Gasteiger partial charge on any atom is 0.229 e. The number of nitrogen functional groups attached to an aromatic ring is 1. The van der Waals surface area contributed by atoms with Crippen molar-refractivity contribution >= 4 is 28.6 Å². The number of carbonyl (C=O) groups is 1. The van der Waals surface area contributed by atoms with Crippen LogP contribution in [0.1, 0.15) is 48.0 Å². The van der Waals surface area contributed by atoms with Crippen LogP contribution in [-0.2, 0) is 6.42 Å². The Bertz CT molecular complexity index is 752. The molecule has 2 aromatic rings. The van der Waals surface area contributed by atoms with E-state index in [4.69, 9.17) is 5.73 Å². The number of nitrogens with zero attached hydrogens (tertiary/aromatic N) is 4. The van der Waals surface area contributed by atoms with E-state index in [2.05, 4.69) is 19.9 Å². The third-order valence-corrected chi connectivity index (χ3v) is 4.62. The monoisotopic (exact) mass is 297 g/mol. The average molecular weight is 297 g/mol. The quantitative estimate of drug-likeness (QED) is 0.867. The van der Waals surface area contributed by atoms with Crippen molar-refractivity contribution < 1.29 is 4.79 Å². The van der Waals surface area contributed by atoms with Gasteiger partial charge in [0.05, 0.1) is 5.39 Å². The summed E-state index contributed by atoms with van der Waals surface area (Å²) in [5.41, 5.74) is 8.49. The molecule has 4 rings (SSSR count). The third kappa shape index (κ3) is 2.10. The number of hydrogen-bond donors (Lipinski definition) is 1. The molecule has 0 saturated carbocycles.